The third-order valence-electron chi connectivity index (χ3n) is 3.39. The summed E-state index contributed by atoms with van der Waals surface area (Å²) >= 11 is 0. The topological polar surface area (TPSA) is 50.8 Å². The maximum atomic E-state index is 12.1. The molecule has 23 heavy (non-hydrogen) atoms. The van der Waals surface area contributed by atoms with E-state index in [1.807, 2.05) is 7.05 Å². The summed E-state index contributed by atoms with van der Waals surface area (Å²) in [6.45, 7) is 2.68. The fourth-order valence-corrected chi connectivity index (χ4v) is 2.27. The number of carbonyl (C=O) groups is 1. The van der Waals surface area contributed by atoms with Crippen molar-refractivity contribution >= 4 is 5.91 Å². The van der Waals surface area contributed by atoms with Gasteiger partial charge in [0.25, 0.3) is 0 Å². The monoisotopic (exact) mass is 332 g/mol. The molecule has 0 aromatic heterocycles. The van der Waals surface area contributed by atoms with Gasteiger partial charge < -0.3 is 19.7 Å². The summed E-state index contributed by atoms with van der Waals surface area (Å²) in [5.74, 6) is -0.508. The van der Waals surface area contributed by atoms with Crippen molar-refractivity contribution in [2.45, 2.75) is 18.9 Å². The van der Waals surface area contributed by atoms with Crippen LogP contribution in [0.25, 0.3) is 0 Å². The Kier molecular flexibility index (Phi) is 5.84. The van der Waals surface area contributed by atoms with Crippen LogP contribution in [0.4, 0.5) is 13.2 Å². The highest BCUT2D eigenvalue weighted by Gasteiger charge is 2.30. The number of amides is 1. The zero-order chi connectivity index (χ0) is 16.9. The smallest absolute Gasteiger partial charge is 0.406 e. The zero-order valence-corrected chi connectivity index (χ0v) is 12.7. The summed E-state index contributed by atoms with van der Waals surface area (Å²) in [7, 11) is 1.99. The number of ether oxygens (including phenoxy) is 2. The summed E-state index contributed by atoms with van der Waals surface area (Å²) in [5.41, 5.74) is 0.610. The lowest BCUT2D eigenvalue weighted by atomic mass is 10.1. The number of alkyl halides is 3. The number of halogens is 3. The number of hydrogen-bond acceptors (Lipinski definition) is 4. The van der Waals surface area contributed by atoms with Crippen LogP contribution in [-0.2, 0) is 16.0 Å². The Morgan fingerprint density at radius 1 is 1.39 bits per heavy atom. The molecule has 1 saturated heterocycles. The average Bonchev–Trinajstić information content (AvgIpc) is 2.46. The second-order valence-corrected chi connectivity index (χ2v) is 5.43. The van der Waals surface area contributed by atoms with Gasteiger partial charge in [0, 0.05) is 19.6 Å². The predicted octanol–water partition coefficient (Wildman–Crippen LogP) is 1.57. The van der Waals surface area contributed by atoms with Gasteiger partial charge in [-0.1, -0.05) is 12.1 Å². The number of morpholine rings is 1. The number of hydrogen-bond donors (Lipinski definition) is 1. The van der Waals surface area contributed by atoms with Crippen LogP contribution in [0.5, 0.6) is 5.75 Å². The molecule has 0 unspecified atom stereocenters. The molecule has 0 spiro atoms. The molecule has 8 heteroatoms. The molecule has 1 aromatic rings. The van der Waals surface area contributed by atoms with Crippen molar-refractivity contribution in [2.24, 2.45) is 0 Å². The Balaban J connectivity index is 1.76. The summed E-state index contributed by atoms with van der Waals surface area (Å²) in [6, 6.07) is 5.25. The average molecular weight is 332 g/mol. The fraction of sp³-hybridized carbons (Fsp3) is 0.533. The number of nitrogens with one attached hydrogen (secondary N) is 1. The third kappa shape index (κ3) is 6.45. The van der Waals surface area contributed by atoms with Gasteiger partial charge in [0.15, 0.2) is 0 Å². The molecule has 0 radical (unpaired) electrons. The van der Waals surface area contributed by atoms with Crippen molar-refractivity contribution in [1.29, 1.82) is 0 Å². The quantitative estimate of drug-likeness (QED) is 0.889. The predicted molar refractivity (Wildman–Crippen MR) is 77.1 cm³/mol. The number of likely N-dealkylation sites (N-methyl/N-ethyl adjacent to an activating group) is 1. The first kappa shape index (κ1) is 17.6. The highest BCUT2D eigenvalue weighted by atomic mass is 19.4. The second-order valence-electron chi connectivity index (χ2n) is 5.43. The van der Waals surface area contributed by atoms with E-state index >= 15 is 0 Å². The van der Waals surface area contributed by atoms with Gasteiger partial charge in [-0.05, 0) is 24.7 Å². The summed E-state index contributed by atoms with van der Waals surface area (Å²) in [5, 5.41) is 2.77. The molecule has 0 saturated carbocycles. The summed E-state index contributed by atoms with van der Waals surface area (Å²) < 4.78 is 45.5. The molecule has 1 aromatic carbocycles. The Bertz CT molecular complexity index is 520. The van der Waals surface area contributed by atoms with Crippen molar-refractivity contribution in [3.05, 3.63) is 29.8 Å². The van der Waals surface area contributed by atoms with Gasteiger partial charge in [-0.25, -0.2) is 0 Å². The van der Waals surface area contributed by atoms with Crippen molar-refractivity contribution in [3.63, 3.8) is 0 Å². The molecule has 1 heterocycles. The van der Waals surface area contributed by atoms with E-state index in [1.54, 1.807) is 0 Å². The molecule has 2 rings (SSSR count). The Hall–Kier alpha value is -1.80. The van der Waals surface area contributed by atoms with Crippen molar-refractivity contribution < 1.29 is 27.4 Å². The standard InChI is InChI=1S/C15H19F3N2O3/c1-20-6-7-22-13(10-20)9-19-14(21)8-11-2-4-12(5-3-11)23-15(16,17)18/h2-5,13H,6-10H2,1H3,(H,19,21)/t13-/m1/s1. The van der Waals surface area contributed by atoms with Gasteiger partial charge in [-0.3, -0.25) is 4.79 Å². The van der Waals surface area contributed by atoms with Crippen LogP contribution in [0.1, 0.15) is 5.56 Å². The summed E-state index contributed by atoms with van der Waals surface area (Å²) in [6.07, 6.45) is -4.67. The summed E-state index contributed by atoms with van der Waals surface area (Å²) in [4.78, 5) is 14.0. The van der Waals surface area contributed by atoms with Crippen LogP contribution in [0, 0.1) is 0 Å². The van der Waals surface area contributed by atoms with Crippen LogP contribution in [-0.4, -0.2) is 56.6 Å². The van der Waals surface area contributed by atoms with Crippen LogP contribution >= 0.6 is 0 Å². The Labute approximate surface area is 132 Å². The SMILES string of the molecule is CN1CCO[C@H](CNC(=O)Cc2ccc(OC(F)(F)F)cc2)C1. The molecular formula is C15H19F3N2O3. The van der Waals surface area contributed by atoms with E-state index in [0.717, 1.165) is 13.1 Å². The number of benzene rings is 1. The highest BCUT2D eigenvalue weighted by Crippen LogP contribution is 2.22. The normalized spacial score (nSPS) is 19.4. The van der Waals surface area contributed by atoms with Crippen molar-refractivity contribution in [2.75, 3.05) is 33.3 Å². The van der Waals surface area contributed by atoms with Crippen LogP contribution < -0.4 is 10.1 Å². The van der Waals surface area contributed by atoms with Crippen LogP contribution in [0.2, 0.25) is 0 Å². The minimum absolute atomic E-state index is 0.0414. The fourth-order valence-electron chi connectivity index (χ4n) is 2.27. The minimum Gasteiger partial charge on any atom is -0.406 e. The molecule has 0 bridgehead atoms. The molecule has 1 amide bonds. The maximum Gasteiger partial charge on any atom is 0.573 e. The Morgan fingerprint density at radius 2 is 2.09 bits per heavy atom. The van der Waals surface area contributed by atoms with E-state index < -0.39 is 6.36 Å². The molecule has 0 aliphatic carbocycles. The van der Waals surface area contributed by atoms with Crippen LogP contribution in [0.3, 0.4) is 0 Å². The molecule has 1 N–H and O–H groups in total. The first-order valence-electron chi connectivity index (χ1n) is 7.23. The lowest BCUT2D eigenvalue weighted by Crippen LogP contribution is -2.46. The molecule has 128 valence electrons. The van der Waals surface area contributed by atoms with Gasteiger partial charge in [0.2, 0.25) is 5.91 Å². The minimum atomic E-state index is -4.72. The van der Waals surface area contributed by atoms with E-state index in [2.05, 4.69) is 15.0 Å². The van der Waals surface area contributed by atoms with Gasteiger partial charge in [-0.2, -0.15) is 0 Å². The first-order chi connectivity index (χ1) is 10.8. The van der Waals surface area contributed by atoms with Gasteiger partial charge in [0.05, 0.1) is 19.1 Å². The van der Waals surface area contributed by atoms with E-state index in [4.69, 9.17) is 4.74 Å². The molecule has 1 aliphatic heterocycles. The molecule has 1 fully saturated rings. The largest absolute Gasteiger partial charge is 0.573 e. The second kappa shape index (κ2) is 7.65. The Morgan fingerprint density at radius 3 is 2.70 bits per heavy atom. The lowest BCUT2D eigenvalue weighted by Gasteiger charge is -2.30. The molecule has 5 nitrogen and oxygen atoms in total. The number of rotatable bonds is 5. The first-order valence-corrected chi connectivity index (χ1v) is 7.23. The molecule has 1 aliphatic rings. The van der Waals surface area contributed by atoms with E-state index in [-0.39, 0.29) is 24.2 Å². The van der Waals surface area contributed by atoms with E-state index in [9.17, 15) is 18.0 Å². The van der Waals surface area contributed by atoms with Crippen molar-refractivity contribution in [1.82, 2.24) is 10.2 Å². The molecular weight excluding hydrogens is 313 g/mol. The van der Waals surface area contributed by atoms with Crippen molar-refractivity contribution in [3.8, 4) is 5.75 Å². The van der Waals surface area contributed by atoms with Gasteiger partial charge >= 0.3 is 6.36 Å². The molecule has 1 atom stereocenters. The highest BCUT2D eigenvalue weighted by molar-refractivity contribution is 5.78. The number of nitrogens with zero attached hydrogens (tertiary/aromatic N) is 1. The van der Waals surface area contributed by atoms with Crippen LogP contribution in [0.15, 0.2) is 24.3 Å². The van der Waals surface area contributed by atoms with E-state index in [0.29, 0.717) is 18.7 Å². The lowest BCUT2D eigenvalue weighted by molar-refractivity contribution is -0.274. The maximum absolute atomic E-state index is 12.1. The van der Waals surface area contributed by atoms with E-state index in [1.165, 1.54) is 24.3 Å². The zero-order valence-electron chi connectivity index (χ0n) is 12.7. The van der Waals surface area contributed by atoms with Gasteiger partial charge in [-0.15, -0.1) is 13.2 Å². The third-order valence-corrected chi connectivity index (χ3v) is 3.39. The van der Waals surface area contributed by atoms with Gasteiger partial charge in [0.1, 0.15) is 5.75 Å². The number of carbonyl (C=O) groups excluding carboxylic acids is 1.